The van der Waals surface area contributed by atoms with Gasteiger partial charge in [0.25, 0.3) is 5.91 Å². The zero-order chi connectivity index (χ0) is 23.2. The standard InChI is InChI=1S/C21H21F3N4O4S/c1-11-6-14-16(18-13(11)9-28(27-18)8-12-10-30-3-4-31-12)17(21(22,23)24)19(32-14)20(29)26-7-15-25-2-5-33-15/h2,5,9,11-12H,3-4,6-8,10H2,1H3,(H,26,29)/t11-,12+/m1/s1. The summed E-state index contributed by atoms with van der Waals surface area (Å²) in [6.45, 7) is 3.64. The van der Waals surface area contributed by atoms with E-state index in [2.05, 4.69) is 15.4 Å². The summed E-state index contributed by atoms with van der Waals surface area (Å²) >= 11 is 1.29. The molecule has 1 amide bonds. The third-order valence-corrected chi connectivity index (χ3v) is 6.46. The quantitative estimate of drug-likeness (QED) is 0.597. The molecule has 1 fully saturated rings. The van der Waals surface area contributed by atoms with E-state index in [1.807, 2.05) is 6.92 Å². The maximum absolute atomic E-state index is 14.2. The van der Waals surface area contributed by atoms with E-state index in [0.717, 1.165) is 0 Å². The third kappa shape index (κ3) is 4.30. The number of alkyl halides is 3. The number of aromatic nitrogens is 3. The number of carbonyl (C=O) groups excluding carboxylic acids is 1. The topological polar surface area (TPSA) is 91.4 Å². The van der Waals surface area contributed by atoms with Gasteiger partial charge >= 0.3 is 6.18 Å². The highest BCUT2D eigenvalue weighted by atomic mass is 32.1. The first-order valence-corrected chi connectivity index (χ1v) is 11.4. The van der Waals surface area contributed by atoms with Crippen LogP contribution in [0.3, 0.4) is 0 Å². The van der Waals surface area contributed by atoms with Crippen LogP contribution in [0.2, 0.25) is 0 Å². The Morgan fingerprint density at radius 1 is 1.36 bits per heavy atom. The van der Waals surface area contributed by atoms with Crippen LogP contribution in [0.4, 0.5) is 13.2 Å². The van der Waals surface area contributed by atoms with E-state index in [0.29, 0.717) is 36.9 Å². The van der Waals surface area contributed by atoms with Crippen LogP contribution in [0.5, 0.6) is 0 Å². The van der Waals surface area contributed by atoms with Crippen molar-refractivity contribution >= 4 is 17.2 Å². The summed E-state index contributed by atoms with van der Waals surface area (Å²) in [5.74, 6) is -1.69. The molecule has 1 N–H and O–H groups in total. The van der Waals surface area contributed by atoms with Gasteiger partial charge in [0.15, 0.2) is 0 Å². The van der Waals surface area contributed by atoms with Crippen LogP contribution in [-0.2, 0) is 35.2 Å². The van der Waals surface area contributed by atoms with Crippen molar-refractivity contribution < 1.29 is 31.9 Å². The van der Waals surface area contributed by atoms with Gasteiger partial charge in [-0.3, -0.25) is 9.48 Å². The minimum atomic E-state index is -4.80. The number of thiazole rings is 1. The average molecular weight is 482 g/mol. The Morgan fingerprint density at radius 3 is 2.91 bits per heavy atom. The van der Waals surface area contributed by atoms with Crippen LogP contribution in [0, 0.1) is 0 Å². The molecule has 1 aliphatic heterocycles. The molecule has 0 spiro atoms. The van der Waals surface area contributed by atoms with Crippen LogP contribution in [0.1, 0.15) is 45.3 Å². The van der Waals surface area contributed by atoms with Gasteiger partial charge in [-0.05, 0) is 5.92 Å². The summed E-state index contributed by atoms with van der Waals surface area (Å²) in [7, 11) is 0. The van der Waals surface area contributed by atoms with Crippen LogP contribution in [-0.4, -0.2) is 46.6 Å². The lowest BCUT2D eigenvalue weighted by Crippen LogP contribution is -2.32. The number of hydrogen-bond acceptors (Lipinski definition) is 7. The maximum atomic E-state index is 14.2. The van der Waals surface area contributed by atoms with E-state index in [1.165, 1.54) is 11.3 Å². The second-order valence-electron chi connectivity index (χ2n) is 8.04. The van der Waals surface area contributed by atoms with Crippen molar-refractivity contribution in [3.8, 4) is 11.3 Å². The van der Waals surface area contributed by atoms with Gasteiger partial charge in [0.1, 0.15) is 22.4 Å². The molecule has 4 heterocycles. The van der Waals surface area contributed by atoms with Gasteiger partial charge in [-0.1, -0.05) is 6.92 Å². The smallest absolute Gasteiger partial charge is 0.420 e. The van der Waals surface area contributed by atoms with Gasteiger partial charge in [-0.2, -0.15) is 18.3 Å². The lowest BCUT2D eigenvalue weighted by Gasteiger charge is -2.22. The van der Waals surface area contributed by atoms with Gasteiger partial charge in [0.05, 0.1) is 44.2 Å². The molecule has 33 heavy (non-hydrogen) atoms. The molecule has 0 unspecified atom stereocenters. The number of fused-ring (bicyclic) bond motifs is 3. The fourth-order valence-electron chi connectivity index (χ4n) is 4.20. The number of ether oxygens (including phenoxy) is 2. The van der Waals surface area contributed by atoms with E-state index in [-0.39, 0.29) is 42.0 Å². The fraction of sp³-hybridized carbons (Fsp3) is 0.476. The van der Waals surface area contributed by atoms with Crippen molar-refractivity contribution in [3.63, 3.8) is 0 Å². The number of rotatable bonds is 5. The van der Waals surface area contributed by atoms with E-state index in [1.54, 1.807) is 22.5 Å². The highest BCUT2D eigenvalue weighted by Gasteiger charge is 2.46. The molecule has 0 radical (unpaired) electrons. The molecule has 1 saturated heterocycles. The Kier molecular flexibility index (Phi) is 5.75. The number of amides is 1. The first-order valence-electron chi connectivity index (χ1n) is 10.5. The van der Waals surface area contributed by atoms with E-state index in [4.69, 9.17) is 13.9 Å². The van der Waals surface area contributed by atoms with E-state index in [9.17, 15) is 18.0 Å². The average Bonchev–Trinajstić information content (AvgIpc) is 3.50. The molecular weight excluding hydrogens is 461 g/mol. The summed E-state index contributed by atoms with van der Waals surface area (Å²) in [4.78, 5) is 16.7. The van der Waals surface area contributed by atoms with Gasteiger partial charge < -0.3 is 19.2 Å². The Bertz CT molecular complexity index is 1150. The van der Waals surface area contributed by atoms with Crippen molar-refractivity contribution in [3.05, 3.63) is 45.4 Å². The van der Waals surface area contributed by atoms with Crippen LogP contribution in [0.15, 0.2) is 22.2 Å². The Labute approximate surface area is 190 Å². The van der Waals surface area contributed by atoms with E-state index < -0.39 is 23.4 Å². The minimum absolute atomic E-state index is 0.0128. The van der Waals surface area contributed by atoms with Crippen LogP contribution >= 0.6 is 11.3 Å². The maximum Gasteiger partial charge on any atom is 0.420 e. The number of nitrogens with one attached hydrogen (secondary N) is 1. The molecule has 0 aromatic carbocycles. The summed E-state index contributed by atoms with van der Waals surface area (Å²) in [5.41, 5.74) is -0.379. The Hall–Kier alpha value is -2.70. The van der Waals surface area contributed by atoms with Gasteiger partial charge in [0.2, 0.25) is 5.76 Å². The zero-order valence-electron chi connectivity index (χ0n) is 17.6. The molecule has 3 aromatic rings. The van der Waals surface area contributed by atoms with Crippen LogP contribution in [0.25, 0.3) is 11.3 Å². The second-order valence-corrected chi connectivity index (χ2v) is 9.02. The molecule has 2 atom stereocenters. The number of hydrogen-bond donors (Lipinski definition) is 1. The summed E-state index contributed by atoms with van der Waals surface area (Å²) in [6.07, 6.45) is -1.49. The first-order chi connectivity index (χ1) is 15.8. The molecule has 8 nitrogen and oxygen atoms in total. The number of furan rings is 1. The molecule has 0 saturated carbocycles. The van der Waals surface area contributed by atoms with Gasteiger partial charge in [-0.15, -0.1) is 11.3 Å². The van der Waals surface area contributed by atoms with Crippen molar-refractivity contribution in [2.45, 2.75) is 44.6 Å². The lowest BCUT2D eigenvalue weighted by molar-refractivity contribution is -0.137. The van der Waals surface area contributed by atoms with Crippen molar-refractivity contribution in [2.75, 3.05) is 19.8 Å². The van der Waals surface area contributed by atoms with Crippen molar-refractivity contribution in [1.82, 2.24) is 20.1 Å². The largest absolute Gasteiger partial charge is 0.455 e. The molecule has 0 bridgehead atoms. The normalized spacial score (nSPS) is 20.4. The molecule has 176 valence electrons. The monoisotopic (exact) mass is 482 g/mol. The minimum Gasteiger partial charge on any atom is -0.455 e. The molecular formula is C21H21F3N4O4S. The predicted octanol–water partition coefficient (Wildman–Crippen LogP) is 3.62. The number of nitrogens with zero attached hydrogens (tertiary/aromatic N) is 3. The summed E-state index contributed by atoms with van der Waals surface area (Å²) in [5, 5.41) is 9.23. The molecule has 3 aromatic heterocycles. The first kappa shape index (κ1) is 22.1. The Morgan fingerprint density at radius 2 is 2.21 bits per heavy atom. The van der Waals surface area contributed by atoms with E-state index >= 15 is 0 Å². The number of halogens is 3. The Balaban J connectivity index is 1.50. The molecule has 2 aliphatic rings. The SMILES string of the molecule is C[C@@H]1Cc2oc(C(=O)NCc3nccs3)c(C(F)(F)F)c2-c2nn(C[C@H]3COCCO3)cc21. The second kappa shape index (κ2) is 8.58. The van der Waals surface area contributed by atoms with Crippen molar-refractivity contribution in [2.24, 2.45) is 0 Å². The lowest BCUT2D eigenvalue weighted by atomic mass is 9.86. The highest BCUT2D eigenvalue weighted by molar-refractivity contribution is 7.09. The summed E-state index contributed by atoms with van der Waals surface area (Å²) in [6, 6.07) is 0. The third-order valence-electron chi connectivity index (χ3n) is 5.68. The molecule has 1 aliphatic carbocycles. The number of carbonyl (C=O) groups is 1. The highest BCUT2D eigenvalue weighted by Crippen LogP contribution is 2.48. The zero-order valence-corrected chi connectivity index (χ0v) is 18.5. The summed E-state index contributed by atoms with van der Waals surface area (Å²) < 4.78 is 60.7. The predicted molar refractivity (Wildman–Crippen MR) is 111 cm³/mol. The molecule has 12 heteroatoms. The van der Waals surface area contributed by atoms with Gasteiger partial charge in [-0.25, -0.2) is 4.98 Å². The fourth-order valence-corrected chi connectivity index (χ4v) is 4.76. The van der Waals surface area contributed by atoms with Crippen LogP contribution < -0.4 is 5.32 Å². The molecule has 5 rings (SSSR count). The van der Waals surface area contributed by atoms with Crippen molar-refractivity contribution in [1.29, 1.82) is 0 Å². The van der Waals surface area contributed by atoms with Gasteiger partial charge in [0, 0.05) is 29.8 Å².